The van der Waals surface area contributed by atoms with Gasteiger partial charge >= 0.3 is 0 Å². The highest BCUT2D eigenvalue weighted by Gasteiger charge is 2.17. The van der Waals surface area contributed by atoms with Crippen molar-refractivity contribution in [1.29, 1.82) is 0 Å². The number of carbonyl (C=O) groups excluding carboxylic acids is 1. The molecule has 0 spiro atoms. The summed E-state index contributed by atoms with van der Waals surface area (Å²) in [6.07, 6.45) is 3.38. The second kappa shape index (κ2) is 5.65. The Morgan fingerprint density at radius 2 is 2.47 bits per heavy atom. The third-order valence-corrected chi connectivity index (χ3v) is 4.46. The molecule has 0 saturated carbocycles. The molecule has 0 radical (unpaired) electrons. The second-order valence-corrected chi connectivity index (χ2v) is 5.55. The van der Waals surface area contributed by atoms with Crippen LogP contribution >= 0.6 is 11.3 Å². The highest BCUT2D eigenvalue weighted by molar-refractivity contribution is 7.14. The molecule has 0 aromatic carbocycles. The van der Waals surface area contributed by atoms with Crippen LogP contribution in [0.5, 0.6) is 0 Å². The van der Waals surface area contributed by atoms with E-state index in [1.807, 2.05) is 6.07 Å². The Morgan fingerprint density at radius 3 is 3.06 bits per heavy atom. The van der Waals surface area contributed by atoms with Crippen LogP contribution in [0.2, 0.25) is 0 Å². The first kappa shape index (κ1) is 12.6. The van der Waals surface area contributed by atoms with Crippen molar-refractivity contribution >= 4 is 17.2 Å². The third kappa shape index (κ3) is 3.07. The van der Waals surface area contributed by atoms with Gasteiger partial charge in [-0.2, -0.15) is 0 Å². The van der Waals surface area contributed by atoms with Gasteiger partial charge in [-0.3, -0.25) is 4.79 Å². The van der Waals surface area contributed by atoms with Gasteiger partial charge in [0.2, 0.25) is 0 Å². The molecular formula is C13H19NO2S. The van der Waals surface area contributed by atoms with Gasteiger partial charge in [0, 0.05) is 18.0 Å². The zero-order valence-electron chi connectivity index (χ0n) is 10.4. The molecule has 1 N–H and O–H groups in total. The normalized spacial score (nSPS) is 19.5. The quantitative estimate of drug-likeness (QED) is 0.895. The zero-order valence-corrected chi connectivity index (χ0v) is 11.2. The predicted molar refractivity (Wildman–Crippen MR) is 69.7 cm³/mol. The van der Waals surface area contributed by atoms with E-state index < -0.39 is 0 Å². The minimum atomic E-state index is 0.0355. The van der Waals surface area contributed by atoms with Crippen molar-refractivity contribution in [3.8, 4) is 0 Å². The van der Waals surface area contributed by atoms with Crippen LogP contribution in [-0.2, 0) is 11.2 Å². The summed E-state index contributed by atoms with van der Waals surface area (Å²) in [5.41, 5.74) is 1.22. The predicted octanol–water partition coefficient (Wildman–Crippen LogP) is 2.53. The SMILES string of the molecule is CCc1sc(C(=O)NC[C@@H]2CCCO2)cc1C. The lowest BCUT2D eigenvalue weighted by Crippen LogP contribution is -2.31. The maximum atomic E-state index is 11.9. The minimum absolute atomic E-state index is 0.0355. The fourth-order valence-electron chi connectivity index (χ4n) is 2.08. The van der Waals surface area contributed by atoms with E-state index in [0.29, 0.717) is 6.54 Å². The summed E-state index contributed by atoms with van der Waals surface area (Å²) in [6.45, 7) is 5.65. The van der Waals surface area contributed by atoms with Gasteiger partial charge in [0.15, 0.2) is 0 Å². The van der Waals surface area contributed by atoms with Crippen molar-refractivity contribution < 1.29 is 9.53 Å². The van der Waals surface area contributed by atoms with E-state index >= 15 is 0 Å². The molecule has 4 heteroatoms. The summed E-state index contributed by atoms with van der Waals surface area (Å²) in [7, 11) is 0. The van der Waals surface area contributed by atoms with Gasteiger partial charge in [-0.15, -0.1) is 11.3 Å². The largest absolute Gasteiger partial charge is 0.376 e. The summed E-state index contributed by atoms with van der Waals surface area (Å²) in [4.78, 5) is 14.0. The molecule has 17 heavy (non-hydrogen) atoms. The first-order valence-corrected chi connectivity index (χ1v) is 7.01. The Morgan fingerprint density at radius 1 is 1.65 bits per heavy atom. The van der Waals surface area contributed by atoms with E-state index in [-0.39, 0.29) is 12.0 Å². The molecule has 2 heterocycles. The number of amides is 1. The lowest BCUT2D eigenvalue weighted by atomic mass is 10.2. The average Bonchev–Trinajstić information content (AvgIpc) is 2.94. The third-order valence-electron chi connectivity index (χ3n) is 3.08. The molecule has 1 aliphatic heterocycles. The summed E-state index contributed by atoms with van der Waals surface area (Å²) in [5, 5.41) is 2.95. The van der Waals surface area contributed by atoms with E-state index in [9.17, 15) is 4.79 Å². The Bertz CT molecular complexity index is 394. The summed E-state index contributed by atoms with van der Waals surface area (Å²) >= 11 is 1.60. The molecule has 1 aromatic rings. The number of hydrogen-bond acceptors (Lipinski definition) is 3. The van der Waals surface area contributed by atoms with Crippen LogP contribution in [0.15, 0.2) is 6.07 Å². The second-order valence-electron chi connectivity index (χ2n) is 4.42. The van der Waals surface area contributed by atoms with Gasteiger partial charge in [0.25, 0.3) is 5.91 Å². The van der Waals surface area contributed by atoms with Crippen LogP contribution in [0.4, 0.5) is 0 Å². The molecule has 1 fully saturated rings. The van der Waals surface area contributed by atoms with E-state index in [2.05, 4.69) is 19.2 Å². The monoisotopic (exact) mass is 253 g/mol. The maximum Gasteiger partial charge on any atom is 0.261 e. The topological polar surface area (TPSA) is 38.3 Å². The smallest absolute Gasteiger partial charge is 0.261 e. The van der Waals surface area contributed by atoms with Gasteiger partial charge < -0.3 is 10.1 Å². The van der Waals surface area contributed by atoms with Crippen LogP contribution < -0.4 is 5.32 Å². The number of hydrogen-bond donors (Lipinski definition) is 1. The van der Waals surface area contributed by atoms with Crippen molar-refractivity contribution in [3.63, 3.8) is 0 Å². The number of ether oxygens (including phenoxy) is 1. The van der Waals surface area contributed by atoms with Crippen molar-refractivity contribution in [2.75, 3.05) is 13.2 Å². The van der Waals surface area contributed by atoms with E-state index in [0.717, 1.165) is 30.7 Å². The average molecular weight is 253 g/mol. The van der Waals surface area contributed by atoms with Gasteiger partial charge in [0.1, 0.15) is 0 Å². The first-order valence-electron chi connectivity index (χ1n) is 6.19. The lowest BCUT2D eigenvalue weighted by molar-refractivity contribution is 0.0861. The molecule has 1 atom stereocenters. The van der Waals surface area contributed by atoms with Gasteiger partial charge in [-0.25, -0.2) is 0 Å². The number of rotatable bonds is 4. The highest BCUT2D eigenvalue weighted by Crippen LogP contribution is 2.22. The summed E-state index contributed by atoms with van der Waals surface area (Å²) < 4.78 is 5.48. The minimum Gasteiger partial charge on any atom is -0.376 e. The van der Waals surface area contributed by atoms with Crippen molar-refractivity contribution in [2.45, 2.75) is 39.2 Å². The Hall–Kier alpha value is -0.870. The molecule has 1 aromatic heterocycles. The van der Waals surface area contributed by atoms with Crippen LogP contribution in [-0.4, -0.2) is 25.2 Å². The molecule has 0 bridgehead atoms. The molecule has 94 valence electrons. The van der Waals surface area contributed by atoms with Gasteiger partial charge in [-0.1, -0.05) is 6.92 Å². The van der Waals surface area contributed by atoms with E-state index in [1.165, 1.54) is 10.4 Å². The van der Waals surface area contributed by atoms with Gasteiger partial charge in [0.05, 0.1) is 11.0 Å². The Kier molecular flexibility index (Phi) is 4.18. The van der Waals surface area contributed by atoms with Crippen molar-refractivity contribution in [3.05, 3.63) is 21.4 Å². The number of carbonyl (C=O) groups is 1. The van der Waals surface area contributed by atoms with Crippen LogP contribution in [0, 0.1) is 6.92 Å². The molecule has 2 rings (SSSR count). The molecule has 1 aliphatic rings. The molecule has 1 saturated heterocycles. The van der Waals surface area contributed by atoms with Crippen LogP contribution in [0.3, 0.4) is 0 Å². The molecule has 3 nitrogen and oxygen atoms in total. The summed E-state index contributed by atoms with van der Waals surface area (Å²) in [6, 6.07) is 1.98. The summed E-state index contributed by atoms with van der Waals surface area (Å²) in [5.74, 6) is 0.0355. The highest BCUT2D eigenvalue weighted by atomic mass is 32.1. The number of aryl methyl sites for hydroxylation is 2. The van der Waals surface area contributed by atoms with Gasteiger partial charge in [-0.05, 0) is 37.8 Å². The molecule has 0 unspecified atom stereocenters. The zero-order chi connectivity index (χ0) is 12.3. The fraction of sp³-hybridized carbons (Fsp3) is 0.615. The first-order chi connectivity index (χ1) is 8.20. The van der Waals surface area contributed by atoms with Crippen molar-refractivity contribution in [2.24, 2.45) is 0 Å². The van der Waals surface area contributed by atoms with E-state index in [4.69, 9.17) is 4.74 Å². The fourth-order valence-corrected chi connectivity index (χ4v) is 3.11. The number of nitrogens with one attached hydrogen (secondary N) is 1. The van der Waals surface area contributed by atoms with Crippen molar-refractivity contribution in [1.82, 2.24) is 5.32 Å². The van der Waals surface area contributed by atoms with E-state index in [1.54, 1.807) is 11.3 Å². The molecular weight excluding hydrogens is 234 g/mol. The van der Waals surface area contributed by atoms with Crippen LogP contribution in [0.1, 0.15) is 39.9 Å². The molecule has 0 aliphatic carbocycles. The molecule has 1 amide bonds. The Balaban J connectivity index is 1.89. The maximum absolute atomic E-state index is 11.9. The Labute approximate surface area is 106 Å². The lowest BCUT2D eigenvalue weighted by Gasteiger charge is -2.09. The standard InChI is InChI=1S/C13H19NO2S/c1-3-11-9(2)7-12(17-11)13(15)14-8-10-5-4-6-16-10/h7,10H,3-6,8H2,1-2H3,(H,14,15)/t10-/m0/s1. The van der Waals surface area contributed by atoms with Crippen LogP contribution in [0.25, 0.3) is 0 Å². The number of thiophene rings is 1.